The van der Waals surface area contributed by atoms with Crippen molar-refractivity contribution in [3.63, 3.8) is 0 Å². The summed E-state index contributed by atoms with van der Waals surface area (Å²) in [6.45, 7) is 33.0. The molecule has 0 atom stereocenters. The lowest BCUT2D eigenvalue weighted by Gasteiger charge is -2.41. The number of amidine groups is 3. The van der Waals surface area contributed by atoms with E-state index in [-0.39, 0.29) is 33.2 Å². The highest BCUT2D eigenvalue weighted by atomic mass is 15.3. The third kappa shape index (κ3) is 5.64. The fraction of sp³-hybridized carbons (Fsp3) is 0.467. The molecule has 0 saturated carbocycles. The van der Waals surface area contributed by atoms with Crippen LogP contribution in [0.15, 0.2) is 87.8 Å². The maximum atomic E-state index is 5.21. The molecule has 3 aliphatic heterocycles. The number of hydrogen-bond acceptors (Lipinski definition) is 9. The Kier molecular flexibility index (Phi) is 8.34. The number of aromatic nitrogens is 3. The molecule has 0 saturated heterocycles. The van der Waals surface area contributed by atoms with Crippen LogP contribution in [0.4, 0.5) is 17.1 Å². The van der Waals surface area contributed by atoms with Gasteiger partial charge in [0.15, 0.2) is 17.5 Å². The molecule has 3 aliphatic rings. The summed E-state index contributed by atoms with van der Waals surface area (Å²) in [5.41, 5.74) is 4.46. The van der Waals surface area contributed by atoms with Crippen molar-refractivity contribution in [2.45, 2.75) is 137 Å². The first kappa shape index (κ1) is 37.4. The van der Waals surface area contributed by atoms with Gasteiger partial charge >= 0.3 is 0 Å². The summed E-state index contributed by atoms with van der Waals surface area (Å²) in [6.07, 6.45) is 0. The molecule has 0 fully saturated rings. The van der Waals surface area contributed by atoms with Crippen LogP contribution in [0.25, 0.3) is 34.2 Å². The molecule has 0 unspecified atom stereocenters. The van der Waals surface area contributed by atoms with Gasteiger partial charge in [0.1, 0.15) is 17.5 Å². The Bertz CT molecular complexity index is 1990. The van der Waals surface area contributed by atoms with Crippen LogP contribution in [0.1, 0.15) is 104 Å². The fourth-order valence-corrected chi connectivity index (χ4v) is 8.45. The minimum Gasteiger partial charge on any atom is -0.322 e. The highest BCUT2D eigenvalue weighted by Gasteiger charge is 2.50. The first-order valence-electron chi connectivity index (χ1n) is 19.2. The molecule has 7 rings (SSSR count). The van der Waals surface area contributed by atoms with Crippen LogP contribution < -0.4 is 14.7 Å². The van der Waals surface area contributed by atoms with E-state index in [4.69, 9.17) is 29.9 Å². The molecular weight excluding hydrogens is 667 g/mol. The summed E-state index contributed by atoms with van der Waals surface area (Å²) < 4.78 is 0. The normalized spacial score (nSPS) is 21.6. The van der Waals surface area contributed by atoms with Crippen LogP contribution in [0.5, 0.6) is 0 Å². The van der Waals surface area contributed by atoms with E-state index in [1.54, 1.807) is 0 Å². The molecule has 282 valence electrons. The Labute approximate surface area is 322 Å². The zero-order valence-corrected chi connectivity index (χ0v) is 35.0. The Morgan fingerprint density at radius 1 is 0.370 bits per heavy atom. The van der Waals surface area contributed by atoms with Crippen LogP contribution in [0, 0.1) is 0 Å². The molecule has 0 bridgehead atoms. The standard InChI is InChI=1S/C45H57N9/c1-28-49-40(4,5)43(10,11)52(28)34-22-16-19-31(25-34)37-46-38(32-20-17-23-35(26-32)53-29(2)50-41(6,7)44(53,12)13)48-39(47-37)33-21-18-24-36(27-33)54-30(3)51-42(8,9)45(54,14)15/h16-27H,1-15H3. The van der Waals surface area contributed by atoms with Gasteiger partial charge in [0.25, 0.3) is 0 Å². The Morgan fingerprint density at radius 2 is 0.611 bits per heavy atom. The average molecular weight is 724 g/mol. The predicted octanol–water partition coefficient (Wildman–Crippen LogP) is 10.3. The largest absolute Gasteiger partial charge is 0.322 e. The third-order valence-corrected chi connectivity index (χ3v) is 13.2. The lowest BCUT2D eigenvalue weighted by molar-refractivity contribution is 0.338. The van der Waals surface area contributed by atoms with Gasteiger partial charge in [-0.2, -0.15) is 0 Å². The van der Waals surface area contributed by atoms with Gasteiger partial charge in [-0.15, -0.1) is 0 Å². The predicted molar refractivity (Wildman–Crippen MR) is 227 cm³/mol. The van der Waals surface area contributed by atoms with Crippen molar-refractivity contribution >= 4 is 34.6 Å². The van der Waals surface area contributed by atoms with Crippen molar-refractivity contribution < 1.29 is 0 Å². The lowest BCUT2D eigenvalue weighted by atomic mass is 9.83. The van der Waals surface area contributed by atoms with Gasteiger partial charge in [-0.05, 0) is 140 Å². The van der Waals surface area contributed by atoms with Crippen molar-refractivity contribution in [3.8, 4) is 34.2 Å². The van der Waals surface area contributed by atoms with Gasteiger partial charge in [-0.1, -0.05) is 36.4 Å². The Hall–Kier alpha value is -4.92. The van der Waals surface area contributed by atoms with Crippen LogP contribution in [-0.2, 0) is 0 Å². The second-order valence-corrected chi connectivity index (χ2v) is 18.3. The van der Waals surface area contributed by atoms with E-state index in [0.29, 0.717) is 17.5 Å². The van der Waals surface area contributed by atoms with Crippen LogP contribution >= 0.6 is 0 Å². The first-order chi connectivity index (χ1) is 25.0. The summed E-state index contributed by atoms with van der Waals surface area (Å²) in [6, 6.07) is 25.5. The SMILES string of the molecule is CC1=NC(C)(C)C(C)(C)N1c1cccc(-c2nc(-c3cccc(N4C(C)=NC(C)(C)C4(C)C)c3)nc(-c3cccc(N4C(C)=NC(C)(C)C4(C)C)c3)n2)c1. The first-order valence-corrected chi connectivity index (χ1v) is 19.2. The van der Waals surface area contributed by atoms with Crippen LogP contribution in [0.3, 0.4) is 0 Å². The van der Waals surface area contributed by atoms with Crippen molar-refractivity contribution in [1.29, 1.82) is 0 Å². The number of nitrogens with zero attached hydrogens (tertiary/aromatic N) is 9. The maximum absolute atomic E-state index is 5.21. The van der Waals surface area contributed by atoms with Crippen molar-refractivity contribution in [3.05, 3.63) is 72.8 Å². The maximum Gasteiger partial charge on any atom is 0.164 e. The molecule has 0 N–H and O–H groups in total. The second-order valence-electron chi connectivity index (χ2n) is 18.3. The van der Waals surface area contributed by atoms with Crippen molar-refractivity contribution in [1.82, 2.24) is 15.0 Å². The van der Waals surface area contributed by atoms with Crippen LogP contribution in [-0.4, -0.2) is 65.7 Å². The van der Waals surface area contributed by atoms with Gasteiger partial charge in [-0.25, -0.2) is 15.0 Å². The van der Waals surface area contributed by atoms with Crippen LogP contribution in [0.2, 0.25) is 0 Å². The van der Waals surface area contributed by atoms with Crippen molar-refractivity contribution in [2.75, 3.05) is 14.7 Å². The molecule has 9 heteroatoms. The number of hydrogen-bond donors (Lipinski definition) is 0. The Morgan fingerprint density at radius 3 is 0.815 bits per heavy atom. The molecule has 1 aromatic heterocycles. The van der Waals surface area contributed by atoms with E-state index >= 15 is 0 Å². The van der Waals surface area contributed by atoms with E-state index in [0.717, 1.165) is 51.3 Å². The van der Waals surface area contributed by atoms with Gasteiger partial charge in [0, 0.05) is 33.8 Å². The Balaban J connectivity index is 1.38. The molecule has 0 aliphatic carbocycles. The number of benzene rings is 3. The number of anilines is 3. The molecule has 4 aromatic rings. The van der Waals surface area contributed by atoms with Crippen molar-refractivity contribution in [2.24, 2.45) is 15.0 Å². The lowest BCUT2D eigenvalue weighted by Crippen LogP contribution is -2.53. The quantitative estimate of drug-likeness (QED) is 0.197. The summed E-state index contributed by atoms with van der Waals surface area (Å²) >= 11 is 0. The minimum absolute atomic E-state index is 0.231. The molecular formula is C45H57N9. The molecule has 0 radical (unpaired) electrons. The highest BCUT2D eigenvalue weighted by Crippen LogP contribution is 2.44. The number of rotatable bonds is 6. The summed E-state index contributed by atoms with van der Waals surface area (Å²) in [5, 5.41) is 0. The summed E-state index contributed by atoms with van der Waals surface area (Å²) in [7, 11) is 0. The summed E-state index contributed by atoms with van der Waals surface area (Å²) in [5.74, 6) is 4.81. The van der Waals surface area contributed by atoms with E-state index in [2.05, 4.69) is 191 Å². The third-order valence-electron chi connectivity index (χ3n) is 13.2. The van der Waals surface area contributed by atoms with E-state index < -0.39 is 0 Å². The second kappa shape index (κ2) is 12.0. The molecule has 4 heterocycles. The van der Waals surface area contributed by atoms with E-state index in [1.165, 1.54) is 0 Å². The monoisotopic (exact) mass is 723 g/mol. The molecule has 0 amide bonds. The number of aliphatic imine (C=N–C) groups is 3. The highest BCUT2D eigenvalue weighted by molar-refractivity contribution is 6.02. The summed E-state index contributed by atoms with van der Waals surface area (Å²) in [4.78, 5) is 37.8. The zero-order chi connectivity index (χ0) is 39.4. The molecule has 3 aromatic carbocycles. The van der Waals surface area contributed by atoms with Gasteiger partial charge in [-0.3, -0.25) is 15.0 Å². The van der Waals surface area contributed by atoms with Gasteiger partial charge < -0.3 is 14.7 Å². The average Bonchev–Trinajstić information content (AvgIpc) is 3.44. The molecule has 54 heavy (non-hydrogen) atoms. The fourth-order valence-electron chi connectivity index (χ4n) is 8.45. The molecule has 9 nitrogen and oxygen atoms in total. The smallest absolute Gasteiger partial charge is 0.164 e. The van der Waals surface area contributed by atoms with E-state index in [9.17, 15) is 0 Å². The topological polar surface area (TPSA) is 85.5 Å². The zero-order valence-electron chi connectivity index (χ0n) is 35.0. The van der Waals surface area contributed by atoms with Gasteiger partial charge in [0.2, 0.25) is 0 Å². The minimum atomic E-state index is -0.249. The molecule has 0 spiro atoms. The van der Waals surface area contributed by atoms with Gasteiger partial charge in [0.05, 0.1) is 33.2 Å². The van der Waals surface area contributed by atoms with E-state index in [1.807, 2.05) is 0 Å².